The summed E-state index contributed by atoms with van der Waals surface area (Å²) in [4.78, 5) is 4.40. The first kappa shape index (κ1) is 21.2. The number of benzene rings is 1. The summed E-state index contributed by atoms with van der Waals surface area (Å²) in [5.41, 5.74) is 7.70. The topological polar surface area (TPSA) is 84.5 Å². The molecule has 0 bridgehead atoms. The van der Waals surface area contributed by atoms with Crippen LogP contribution < -0.4 is 11.1 Å². The highest BCUT2D eigenvalue weighted by Gasteiger charge is 2.13. The number of rotatable bonds is 5. The lowest BCUT2D eigenvalue weighted by Crippen LogP contribution is -2.39. The van der Waals surface area contributed by atoms with Gasteiger partial charge in [0.05, 0.1) is 12.3 Å². The summed E-state index contributed by atoms with van der Waals surface area (Å²) in [5.74, 6) is 0.486. The smallest absolute Gasteiger partial charge is 0.189 e. The number of nitrogens with one attached hydrogen (secondary N) is 1. The Hall–Kier alpha value is -0.830. The number of aliphatic imine (C=N–C) groups is 1. The van der Waals surface area contributed by atoms with Gasteiger partial charge in [-0.25, -0.2) is 13.4 Å². The molecule has 0 saturated heterocycles. The van der Waals surface area contributed by atoms with Gasteiger partial charge in [-0.15, -0.1) is 24.0 Å². The fraction of sp³-hybridized carbons (Fsp3) is 0.588. The maximum absolute atomic E-state index is 11.5. The number of hydrogen-bond donors (Lipinski definition) is 2. The molecule has 24 heavy (non-hydrogen) atoms. The van der Waals surface area contributed by atoms with Crippen molar-refractivity contribution in [2.24, 2.45) is 10.7 Å². The summed E-state index contributed by atoms with van der Waals surface area (Å²) in [6, 6.07) is 7.89. The molecule has 1 fully saturated rings. The van der Waals surface area contributed by atoms with E-state index in [-0.39, 0.29) is 29.7 Å². The van der Waals surface area contributed by atoms with Crippen molar-refractivity contribution in [2.75, 3.05) is 6.26 Å². The molecular weight excluding hydrogens is 437 g/mol. The van der Waals surface area contributed by atoms with Crippen molar-refractivity contribution in [3.63, 3.8) is 0 Å². The third-order valence-electron chi connectivity index (χ3n) is 4.16. The molecule has 0 heterocycles. The predicted molar refractivity (Wildman–Crippen MR) is 110 cm³/mol. The second kappa shape index (κ2) is 10.2. The van der Waals surface area contributed by atoms with E-state index in [1.165, 1.54) is 31.9 Å². The van der Waals surface area contributed by atoms with Crippen molar-refractivity contribution >= 4 is 39.8 Å². The summed E-state index contributed by atoms with van der Waals surface area (Å²) in [7, 11) is -3.06. The molecular formula is C17H28IN3O2S. The van der Waals surface area contributed by atoms with Gasteiger partial charge >= 0.3 is 0 Å². The standard InChI is InChI=1S/C17H27N3O2S.HI/c1-23(21,22)13-15-9-7-6-8-14(15)12-19-17(18)20-16-10-4-2-3-5-11-16;/h6-9,16H,2-5,10-13H2,1H3,(H3,18,19,20);1H. The van der Waals surface area contributed by atoms with E-state index in [0.29, 0.717) is 18.5 Å². The Morgan fingerprint density at radius 3 is 2.33 bits per heavy atom. The van der Waals surface area contributed by atoms with Gasteiger partial charge in [-0.05, 0) is 24.0 Å². The normalized spacial score (nSPS) is 17.0. The van der Waals surface area contributed by atoms with E-state index in [0.717, 1.165) is 24.0 Å². The molecule has 2 rings (SSSR count). The monoisotopic (exact) mass is 465 g/mol. The Labute approximate surface area is 162 Å². The fourth-order valence-corrected chi connectivity index (χ4v) is 3.83. The molecule has 1 saturated carbocycles. The van der Waals surface area contributed by atoms with Crippen molar-refractivity contribution in [3.05, 3.63) is 35.4 Å². The van der Waals surface area contributed by atoms with Crippen molar-refractivity contribution < 1.29 is 8.42 Å². The van der Waals surface area contributed by atoms with Gasteiger partial charge in [-0.3, -0.25) is 0 Å². The molecule has 7 heteroatoms. The van der Waals surface area contributed by atoms with Crippen LogP contribution in [0.15, 0.2) is 29.3 Å². The van der Waals surface area contributed by atoms with Crippen LogP contribution in [0.4, 0.5) is 0 Å². The van der Waals surface area contributed by atoms with Crippen molar-refractivity contribution in [1.29, 1.82) is 0 Å². The zero-order chi connectivity index (χ0) is 16.7. The minimum absolute atomic E-state index is 0. The van der Waals surface area contributed by atoms with Gasteiger partial charge in [0, 0.05) is 12.3 Å². The van der Waals surface area contributed by atoms with Crippen LogP contribution in [0.3, 0.4) is 0 Å². The van der Waals surface area contributed by atoms with Crippen LogP contribution in [-0.4, -0.2) is 26.7 Å². The average Bonchev–Trinajstić information content (AvgIpc) is 2.73. The fourth-order valence-electron chi connectivity index (χ4n) is 2.98. The molecule has 1 aromatic rings. The second-order valence-corrected chi connectivity index (χ2v) is 8.51. The van der Waals surface area contributed by atoms with Crippen LogP contribution in [-0.2, 0) is 22.1 Å². The Kier molecular flexibility index (Phi) is 9.04. The molecule has 136 valence electrons. The molecule has 1 aliphatic carbocycles. The third-order valence-corrected chi connectivity index (χ3v) is 5.00. The van der Waals surface area contributed by atoms with Crippen LogP contribution in [0.2, 0.25) is 0 Å². The van der Waals surface area contributed by atoms with E-state index < -0.39 is 9.84 Å². The molecule has 0 spiro atoms. The Balaban J connectivity index is 0.00000288. The maximum atomic E-state index is 11.5. The zero-order valence-electron chi connectivity index (χ0n) is 14.2. The second-order valence-electron chi connectivity index (χ2n) is 6.37. The highest BCUT2D eigenvalue weighted by molar-refractivity contribution is 14.0. The summed E-state index contributed by atoms with van der Waals surface area (Å²) in [6.45, 7) is 0.400. The van der Waals surface area contributed by atoms with E-state index in [2.05, 4.69) is 10.3 Å². The number of sulfone groups is 1. The van der Waals surface area contributed by atoms with E-state index >= 15 is 0 Å². The van der Waals surface area contributed by atoms with E-state index in [1.54, 1.807) is 0 Å². The summed E-state index contributed by atoms with van der Waals surface area (Å²) < 4.78 is 23.0. The van der Waals surface area contributed by atoms with Crippen LogP contribution in [0.1, 0.15) is 49.7 Å². The van der Waals surface area contributed by atoms with Crippen LogP contribution >= 0.6 is 24.0 Å². The molecule has 0 radical (unpaired) electrons. The first-order valence-corrected chi connectivity index (χ1v) is 10.3. The molecule has 0 aromatic heterocycles. The SMILES string of the molecule is CS(=O)(=O)Cc1ccccc1CN=C(N)NC1CCCCCC1.I. The van der Waals surface area contributed by atoms with Gasteiger partial charge in [0.15, 0.2) is 15.8 Å². The van der Waals surface area contributed by atoms with Gasteiger partial charge in [0.25, 0.3) is 0 Å². The minimum atomic E-state index is -3.06. The first-order valence-electron chi connectivity index (χ1n) is 8.25. The molecule has 1 aromatic carbocycles. The first-order chi connectivity index (χ1) is 10.9. The summed E-state index contributed by atoms with van der Waals surface area (Å²) in [5, 5.41) is 3.31. The lowest BCUT2D eigenvalue weighted by molar-refractivity contribution is 0.530. The highest BCUT2D eigenvalue weighted by Crippen LogP contribution is 2.17. The van der Waals surface area contributed by atoms with Crippen LogP contribution in [0.25, 0.3) is 0 Å². The van der Waals surface area contributed by atoms with Gasteiger partial charge in [0.2, 0.25) is 0 Å². The van der Waals surface area contributed by atoms with Crippen molar-refractivity contribution in [1.82, 2.24) is 5.32 Å². The maximum Gasteiger partial charge on any atom is 0.189 e. The molecule has 5 nitrogen and oxygen atoms in total. The molecule has 3 N–H and O–H groups in total. The lowest BCUT2D eigenvalue weighted by atomic mass is 10.1. The molecule has 0 aliphatic heterocycles. The summed E-state index contributed by atoms with van der Waals surface area (Å²) in [6.07, 6.45) is 8.60. The number of guanidine groups is 1. The Morgan fingerprint density at radius 1 is 1.17 bits per heavy atom. The molecule has 0 amide bonds. The molecule has 0 atom stereocenters. The minimum Gasteiger partial charge on any atom is -0.370 e. The largest absolute Gasteiger partial charge is 0.370 e. The van der Waals surface area contributed by atoms with Crippen molar-refractivity contribution in [3.8, 4) is 0 Å². The third kappa shape index (κ3) is 7.83. The predicted octanol–water partition coefficient (Wildman–Crippen LogP) is 2.98. The van der Waals surface area contributed by atoms with E-state index in [4.69, 9.17) is 5.73 Å². The van der Waals surface area contributed by atoms with Crippen LogP contribution in [0, 0.1) is 0 Å². The lowest BCUT2D eigenvalue weighted by Gasteiger charge is -2.16. The number of nitrogens with two attached hydrogens (primary N) is 1. The summed E-state index contributed by atoms with van der Waals surface area (Å²) >= 11 is 0. The van der Waals surface area contributed by atoms with Crippen molar-refractivity contribution in [2.45, 2.75) is 56.9 Å². The number of nitrogens with zero attached hydrogens (tertiary/aromatic N) is 1. The number of halogens is 1. The Bertz CT molecular complexity index is 639. The highest BCUT2D eigenvalue weighted by atomic mass is 127. The Morgan fingerprint density at radius 2 is 1.75 bits per heavy atom. The van der Waals surface area contributed by atoms with Gasteiger partial charge < -0.3 is 11.1 Å². The van der Waals surface area contributed by atoms with Gasteiger partial charge in [-0.2, -0.15) is 0 Å². The quantitative estimate of drug-likeness (QED) is 0.303. The van der Waals surface area contributed by atoms with E-state index in [1.807, 2.05) is 24.3 Å². The van der Waals surface area contributed by atoms with Crippen LogP contribution in [0.5, 0.6) is 0 Å². The number of hydrogen-bond acceptors (Lipinski definition) is 3. The van der Waals surface area contributed by atoms with E-state index in [9.17, 15) is 8.42 Å². The van der Waals surface area contributed by atoms with Gasteiger partial charge in [0.1, 0.15) is 0 Å². The average molecular weight is 465 g/mol. The van der Waals surface area contributed by atoms with Gasteiger partial charge in [-0.1, -0.05) is 49.9 Å². The molecule has 0 unspecified atom stereocenters. The molecule has 1 aliphatic rings. The zero-order valence-corrected chi connectivity index (χ0v) is 17.3.